The van der Waals surface area contributed by atoms with Crippen LogP contribution >= 0.6 is 0 Å². The summed E-state index contributed by atoms with van der Waals surface area (Å²) in [6, 6.07) is 6.07. The first-order chi connectivity index (χ1) is 11.8. The SMILES string of the molecule is COc1ccc(C(NC(=O)Cn2ccc(=O)n(C)c2=O)C(=O)O)cc1. The predicted octanol–water partition coefficient (Wildman–Crippen LogP) is -0.502. The number of aromatic nitrogens is 2. The number of ether oxygens (including phenoxy) is 1. The van der Waals surface area contributed by atoms with Gasteiger partial charge in [0.1, 0.15) is 12.3 Å². The molecular formula is C16H17N3O6. The van der Waals surface area contributed by atoms with E-state index in [1.165, 1.54) is 32.5 Å². The third-order valence-electron chi connectivity index (χ3n) is 3.58. The predicted molar refractivity (Wildman–Crippen MR) is 87.5 cm³/mol. The quantitative estimate of drug-likeness (QED) is 0.727. The maximum atomic E-state index is 12.1. The number of nitrogens with one attached hydrogen (secondary N) is 1. The van der Waals surface area contributed by atoms with Gasteiger partial charge in [-0.3, -0.25) is 18.7 Å². The largest absolute Gasteiger partial charge is 0.497 e. The van der Waals surface area contributed by atoms with Crippen molar-refractivity contribution in [1.82, 2.24) is 14.5 Å². The molecule has 0 saturated carbocycles. The van der Waals surface area contributed by atoms with Crippen LogP contribution in [-0.4, -0.2) is 33.2 Å². The molecule has 1 unspecified atom stereocenters. The van der Waals surface area contributed by atoms with Crippen LogP contribution < -0.4 is 21.3 Å². The van der Waals surface area contributed by atoms with Gasteiger partial charge in [0, 0.05) is 19.3 Å². The molecule has 0 saturated heterocycles. The van der Waals surface area contributed by atoms with Crippen LogP contribution in [0.3, 0.4) is 0 Å². The lowest BCUT2D eigenvalue weighted by Gasteiger charge is -2.16. The number of carboxylic acids is 1. The van der Waals surface area contributed by atoms with E-state index in [1.54, 1.807) is 12.1 Å². The number of methoxy groups -OCH3 is 1. The zero-order chi connectivity index (χ0) is 18.6. The van der Waals surface area contributed by atoms with Gasteiger partial charge in [0.25, 0.3) is 5.56 Å². The van der Waals surface area contributed by atoms with Crippen LogP contribution in [0.25, 0.3) is 0 Å². The number of rotatable bonds is 6. The molecule has 9 heteroatoms. The summed E-state index contributed by atoms with van der Waals surface area (Å²) < 4.78 is 6.87. The molecule has 0 aliphatic rings. The molecule has 0 bridgehead atoms. The number of hydrogen-bond donors (Lipinski definition) is 2. The molecule has 9 nitrogen and oxygen atoms in total. The standard InChI is InChI=1S/C16H17N3O6/c1-18-13(21)7-8-19(16(18)24)9-12(20)17-14(15(22)23)10-3-5-11(25-2)6-4-10/h3-8,14H,9H2,1-2H3,(H,17,20)(H,22,23). The summed E-state index contributed by atoms with van der Waals surface area (Å²) in [5.74, 6) is -1.37. The Bertz CT molecular complexity index is 897. The highest BCUT2D eigenvalue weighted by Gasteiger charge is 2.22. The summed E-state index contributed by atoms with van der Waals surface area (Å²) >= 11 is 0. The Morgan fingerprint density at radius 3 is 2.40 bits per heavy atom. The zero-order valence-electron chi connectivity index (χ0n) is 13.6. The van der Waals surface area contributed by atoms with Crippen LogP contribution in [0.15, 0.2) is 46.1 Å². The van der Waals surface area contributed by atoms with Crippen molar-refractivity contribution in [2.75, 3.05) is 7.11 Å². The Labute approximate surface area is 142 Å². The van der Waals surface area contributed by atoms with E-state index >= 15 is 0 Å². The van der Waals surface area contributed by atoms with E-state index in [0.29, 0.717) is 11.3 Å². The lowest BCUT2D eigenvalue weighted by molar-refractivity contribution is -0.142. The Morgan fingerprint density at radius 2 is 1.84 bits per heavy atom. The van der Waals surface area contributed by atoms with Crippen molar-refractivity contribution in [2.24, 2.45) is 7.05 Å². The normalized spacial score (nSPS) is 11.6. The van der Waals surface area contributed by atoms with E-state index in [-0.39, 0.29) is 0 Å². The lowest BCUT2D eigenvalue weighted by Crippen LogP contribution is -2.42. The van der Waals surface area contributed by atoms with Crippen LogP contribution in [0.1, 0.15) is 11.6 Å². The number of amides is 1. The molecule has 1 aromatic carbocycles. The molecule has 0 aliphatic heterocycles. The molecule has 2 N–H and O–H groups in total. The Hall–Kier alpha value is -3.36. The van der Waals surface area contributed by atoms with Crippen LogP contribution in [0.4, 0.5) is 0 Å². The van der Waals surface area contributed by atoms with Gasteiger partial charge in [0.15, 0.2) is 6.04 Å². The minimum absolute atomic E-state index is 0.356. The number of nitrogens with zero attached hydrogens (tertiary/aromatic N) is 2. The van der Waals surface area contributed by atoms with Gasteiger partial charge in [-0.1, -0.05) is 12.1 Å². The number of benzene rings is 1. The van der Waals surface area contributed by atoms with E-state index in [4.69, 9.17) is 4.74 Å². The molecule has 25 heavy (non-hydrogen) atoms. The summed E-state index contributed by atoms with van der Waals surface area (Å²) in [7, 11) is 2.77. The Kier molecular flexibility index (Phi) is 5.38. The lowest BCUT2D eigenvalue weighted by atomic mass is 10.1. The molecule has 1 atom stereocenters. The fourth-order valence-electron chi connectivity index (χ4n) is 2.18. The van der Waals surface area contributed by atoms with Crippen molar-refractivity contribution in [3.05, 3.63) is 62.9 Å². The maximum absolute atomic E-state index is 12.1. The van der Waals surface area contributed by atoms with Gasteiger partial charge in [0.2, 0.25) is 5.91 Å². The zero-order valence-corrected chi connectivity index (χ0v) is 13.6. The summed E-state index contributed by atoms with van der Waals surface area (Å²) in [4.78, 5) is 46.8. The Balaban J connectivity index is 2.18. The summed E-state index contributed by atoms with van der Waals surface area (Å²) in [5.41, 5.74) is -0.809. The van der Waals surface area contributed by atoms with Crippen LogP contribution in [-0.2, 0) is 23.2 Å². The topological polar surface area (TPSA) is 120 Å². The molecule has 1 amide bonds. The van der Waals surface area contributed by atoms with Crippen LogP contribution in [0.2, 0.25) is 0 Å². The van der Waals surface area contributed by atoms with Crippen molar-refractivity contribution in [3.63, 3.8) is 0 Å². The molecular weight excluding hydrogens is 330 g/mol. The summed E-state index contributed by atoms with van der Waals surface area (Å²) in [5, 5.41) is 11.7. The average molecular weight is 347 g/mol. The van der Waals surface area contributed by atoms with E-state index in [2.05, 4.69) is 5.32 Å². The van der Waals surface area contributed by atoms with Crippen molar-refractivity contribution in [2.45, 2.75) is 12.6 Å². The second kappa shape index (κ2) is 7.47. The van der Waals surface area contributed by atoms with Crippen molar-refractivity contribution < 1.29 is 19.4 Å². The number of hydrogen-bond acceptors (Lipinski definition) is 5. The summed E-state index contributed by atoms with van der Waals surface area (Å²) in [6.07, 6.45) is 1.19. The Morgan fingerprint density at radius 1 is 1.20 bits per heavy atom. The number of carbonyl (C=O) groups is 2. The molecule has 0 radical (unpaired) electrons. The minimum Gasteiger partial charge on any atom is -0.497 e. The number of carboxylic acid groups (broad SMARTS) is 1. The number of carbonyl (C=O) groups excluding carboxylic acids is 1. The molecule has 2 rings (SSSR count). The molecule has 132 valence electrons. The van der Waals surface area contributed by atoms with Gasteiger partial charge in [-0.25, -0.2) is 9.59 Å². The smallest absolute Gasteiger partial charge is 0.331 e. The second-order valence-corrected chi connectivity index (χ2v) is 5.24. The first kappa shape index (κ1) is 18.0. The molecule has 1 aromatic heterocycles. The monoisotopic (exact) mass is 347 g/mol. The van der Waals surface area contributed by atoms with Crippen molar-refractivity contribution >= 4 is 11.9 Å². The molecule has 0 aliphatic carbocycles. The fourth-order valence-corrected chi connectivity index (χ4v) is 2.18. The third kappa shape index (κ3) is 4.14. The third-order valence-corrected chi connectivity index (χ3v) is 3.58. The van der Waals surface area contributed by atoms with Gasteiger partial charge < -0.3 is 15.2 Å². The van der Waals surface area contributed by atoms with Crippen LogP contribution in [0.5, 0.6) is 5.75 Å². The minimum atomic E-state index is -1.28. The van der Waals surface area contributed by atoms with Gasteiger partial charge in [0.05, 0.1) is 7.11 Å². The van der Waals surface area contributed by atoms with E-state index in [0.717, 1.165) is 15.2 Å². The second-order valence-electron chi connectivity index (χ2n) is 5.24. The van der Waals surface area contributed by atoms with E-state index < -0.39 is 35.7 Å². The summed E-state index contributed by atoms with van der Waals surface area (Å²) in [6.45, 7) is -0.410. The fraction of sp³-hybridized carbons (Fsp3) is 0.250. The van der Waals surface area contributed by atoms with Crippen molar-refractivity contribution in [1.29, 1.82) is 0 Å². The molecule has 0 spiro atoms. The molecule has 1 heterocycles. The van der Waals surface area contributed by atoms with E-state index in [9.17, 15) is 24.3 Å². The first-order valence-corrected chi connectivity index (χ1v) is 7.26. The van der Waals surface area contributed by atoms with Crippen LogP contribution in [0, 0.1) is 0 Å². The molecule has 2 aromatic rings. The van der Waals surface area contributed by atoms with Gasteiger partial charge >= 0.3 is 11.7 Å². The maximum Gasteiger partial charge on any atom is 0.331 e. The van der Waals surface area contributed by atoms with Gasteiger partial charge in [-0.05, 0) is 17.7 Å². The van der Waals surface area contributed by atoms with E-state index in [1.807, 2.05) is 0 Å². The highest BCUT2D eigenvalue weighted by atomic mass is 16.5. The van der Waals surface area contributed by atoms with Gasteiger partial charge in [-0.15, -0.1) is 0 Å². The first-order valence-electron chi connectivity index (χ1n) is 7.26. The highest BCUT2D eigenvalue weighted by Crippen LogP contribution is 2.18. The highest BCUT2D eigenvalue weighted by molar-refractivity contribution is 5.84. The van der Waals surface area contributed by atoms with Crippen molar-refractivity contribution in [3.8, 4) is 5.75 Å². The average Bonchev–Trinajstić information content (AvgIpc) is 2.60. The molecule has 0 fully saturated rings. The van der Waals surface area contributed by atoms with Gasteiger partial charge in [-0.2, -0.15) is 0 Å². The number of aliphatic carboxylic acids is 1.